The second-order valence-electron chi connectivity index (χ2n) is 6.44. The van der Waals surface area contributed by atoms with E-state index in [1.807, 2.05) is 0 Å². The molecule has 0 aliphatic rings. The molecule has 2 rings (SSSR count). The van der Waals surface area contributed by atoms with Crippen molar-refractivity contribution < 1.29 is 47.8 Å². The highest BCUT2D eigenvalue weighted by atomic mass is 31.2. The number of rotatable bonds is 8. The first kappa shape index (κ1) is 23.3. The van der Waals surface area contributed by atoms with Crippen molar-refractivity contribution in [1.29, 1.82) is 0 Å². The van der Waals surface area contributed by atoms with E-state index in [9.17, 15) is 33.1 Å². The minimum Gasteiger partial charge on any atom is -0.492 e. The number of carbonyl (C=O) groups excluding carboxylic acids is 2. The molecule has 0 saturated carbocycles. The lowest BCUT2D eigenvalue weighted by Gasteiger charge is -2.18. The molecule has 13 heteroatoms. The van der Waals surface area contributed by atoms with E-state index in [4.69, 9.17) is 14.6 Å². The minimum absolute atomic E-state index is 0.236. The molecule has 1 unspecified atom stereocenters. The maximum atomic E-state index is 13.6. The Morgan fingerprint density at radius 1 is 1.13 bits per heavy atom. The molecule has 1 aromatic heterocycles. The van der Waals surface area contributed by atoms with Crippen LogP contribution in [0, 0.1) is 0 Å². The number of carbonyl (C=O) groups is 2. The van der Waals surface area contributed by atoms with Gasteiger partial charge in [-0.2, -0.15) is 8.78 Å². The Morgan fingerprint density at radius 2 is 1.67 bits per heavy atom. The smallest absolute Gasteiger partial charge is 0.399 e. The Kier molecular flexibility index (Phi) is 6.86. The molecular weight excluding hydrogens is 429 g/mol. The fourth-order valence-corrected chi connectivity index (χ4v) is 2.92. The summed E-state index contributed by atoms with van der Waals surface area (Å²) in [7, 11) is -5.68. The molecule has 5 N–H and O–H groups in total. The molecule has 1 atom stereocenters. The number of hydrogen-bond acceptors (Lipinski definition) is 6. The van der Waals surface area contributed by atoms with Crippen molar-refractivity contribution in [3.8, 4) is 11.8 Å². The second kappa shape index (κ2) is 8.82. The highest BCUT2D eigenvalue weighted by molar-refractivity contribution is 7.52. The molecule has 0 bridgehead atoms. The third-order valence-corrected chi connectivity index (χ3v) is 4.89. The van der Waals surface area contributed by atoms with E-state index in [0.29, 0.717) is 10.3 Å². The van der Waals surface area contributed by atoms with Crippen LogP contribution in [0.15, 0.2) is 36.4 Å². The summed E-state index contributed by atoms with van der Waals surface area (Å²) in [6, 6.07) is 5.42. The summed E-state index contributed by atoms with van der Waals surface area (Å²) < 4.78 is 38.6. The monoisotopic (exact) mass is 448 g/mol. The summed E-state index contributed by atoms with van der Waals surface area (Å²) in [6.45, 7) is 1.50. The second-order valence-corrected chi connectivity index (χ2v) is 8.09. The SMILES string of the molecule is CC(CC(=O)On1c(O)ccc1O)NC(=O)Cc1ccc(C(F)(F)P(=O)(O)O)cc1. The van der Waals surface area contributed by atoms with Gasteiger partial charge in [-0.1, -0.05) is 24.3 Å². The summed E-state index contributed by atoms with van der Waals surface area (Å²) in [6.07, 6.45) is -0.531. The van der Waals surface area contributed by atoms with Crippen LogP contribution in [0.3, 0.4) is 0 Å². The van der Waals surface area contributed by atoms with E-state index in [2.05, 4.69) is 5.32 Å². The highest BCUT2D eigenvalue weighted by Crippen LogP contribution is 2.59. The summed E-state index contributed by atoms with van der Waals surface area (Å²) in [5.41, 5.74) is -4.92. The average Bonchev–Trinajstić information content (AvgIpc) is 2.92. The van der Waals surface area contributed by atoms with E-state index >= 15 is 0 Å². The molecule has 0 saturated heterocycles. The molecule has 30 heavy (non-hydrogen) atoms. The third kappa shape index (κ3) is 5.56. The van der Waals surface area contributed by atoms with Crippen molar-refractivity contribution in [2.75, 3.05) is 0 Å². The molecule has 2 aromatic rings. The van der Waals surface area contributed by atoms with Gasteiger partial charge in [-0.15, -0.1) is 4.73 Å². The van der Waals surface area contributed by atoms with Crippen LogP contribution >= 0.6 is 7.60 Å². The Morgan fingerprint density at radius 3 is 2.17 bits per heavy atom. The highest BCUT2D eigenvalue weighted by Gasteiger charge is 2.50. The van der Waals surface area contributed by atoms with Crippen LogP contribution in [0.5, 0.6) is 11.8 Å². The van der Waals surface area contributed by atoms with Gasteiger partial charge in [0.1, 0.15) is 0 Å². The fourth-order valence-electron chi connectivity index (χ4n) is 2.44. The van der Waals surface area contributed by atoms with Gasteiger partial charge in [0, 0.05) is 23.7 Å². The van der Waals surface area contributed by atoms with Gasteiger partial charge in [0.25, 0.3) is 0 Å². The van der Waals surface area contributed by atoms with E-state index in [1.165, 1.54) is 6.92 Å². The topological polar surface area (TPSA) is 158 Å². The Hall–Kier alpha value is -2.95. The largest absolute Gasteiger partial charge is 0.492 e. The summed E-state index contributed by atoms with van der Waals surface area (Å²) in [4.78, 5) is 46.1. The third-order valence-electron chi connectivity index (χ3n) is 3.90. The number of halogens is 2. The van der Waals surface area contributed by atoms with Gasteiger partial charge in [-0.25, -0.2) is 4.79 Å². The van der Waals surface area contributed by atoms with E-state index < -0.39 is 48.5 Å². The van der Waals surface area contributed by atoms with Crippen LogP contribution < -0.4 is 10.2 Å². The Labute approximate surface area is 168 Å². The molecule has 1 amide bonds. The standard InChI is InChI=1S/C17H19F2N2O8P/c1-10(8-16(25)29-21-14(23)6-7-15(21)24)20-13(22)9-11-2-4-12(5-3-11)17(18,19)30(26,27)28/h2-7,10,23-24H,8-9H2,1H3,(H,20,22)(H2,26,27,28). The number of aromatic nitrogens is 1. The maximum Gasteiger partial charge on any atom is 0.399 e. The molecule has 0 fully saturated rings. The van der Waals surface area contributed by atoms with Gasteiger partial charge in [0.05, 0.1) is 12.8 Å². The first-order valence-corrected chi connectivity index (χ1v) is 10.1. The van der Waals surface area contributed by atoms with Crippen molar-refractivity contribution in [3.05, 3.63) is 47.5 Å². The van der Waals surface area contributed by atoms with Gasteiger partial charge in [0.15, 0.2) is 0 Å². The van der Waals surface area contributed by atoms with Crippen LogP contribution in [0.2, 0.25) is 0 Å². The molecule has 164 valence electrons. The maximum absolute atomic E-state index is 13.6. The predicted octanol–water partition coefficient (Wildman–Crippen LogP) is 1.22. The Bertz CT molecular complexity index is 951. The molecule has 0 spiro atoms. The first-order valence-electron chi connectivity index (χ1n) is 8.44. The zero-order chi connectivity index (χ0) is 22.7. The number of nitrogens with one attached hydrogen (secondary N) is 1. The molecule has 1 aromatic carbocycles. The predicted molar refractivity (Wildman–Crippen MR) is 97.7 cm³/mol. The van der Waals surface area contributed by atoms with Gasteiger partial charge in [0.2, 0.25) is 17.7 Å². The van der Waals surface area contributed by atoms with Gasteiger partial charge < -0.3 is 30.2 Å². The van der Waals surface area contributed by atoms with E-state index in [1.54, 1.807) is 0 Å². The van der Waals surface area contributed by atoms with Gasteiger partial charge in [-0.3, -0.25) is 9.36 Å². The summed E-state index contributed by atoms with van der Waals surface area (Å²) in [5, 5.41) is 21.3. The number of amides is 1. The molecule has 0 aliphatic heterocycles. The minimum atomic E-state index is -5.68. The van der Waals surface area contributed by atoms with Gasteiger partial charge >= 0.3 is 19.2 Å². The summed E-state index contributed by atoms with van der Waals surface area (Å²) in [5.74, 6) is -2.39. The number of aromatic hydroxyl groups is 2. The average molecular weight is 448 g/mol. The molecule has 1 heterocycles. The molecule has 0 aliphatic carbocycles. The van der Waals surface area contributed by atoms with Crippen LogP contribution in [0.1, 0.15) is 24.5 Å². The molecule has 0 radical (unpaired) electrons. The van der Waals surface area contributed by atoms with Crippen LogP contribution in [-0.4, -0.2) is 42.6 Å². The van der Waals surface area contributed by atoms with E-state index in [-0.39, 0.29) is 12.8 Å². The van der Waals surface area contributed by atoms with Gasteiger partial charge in [-0.05, 0) is 12.5 Å². The van der Waals surface area contributed by atoms with Crippen molar-refractivity contribution in [3.63, 3.8) is 0 Å². The first-order chi connectivity index (χ1) is 13.8. The van der Waals surface area contributed by atoms with Crippen LogP contribution in [-0.2, 0) is 26.2 Å². The van der Waals surface area contributed by atoms with Crippen molar-refractivity contribution >= 4 is 19.5 Å². The fraction of sp³-hybridized carbons (Fsp3) is 0.294. The molecule has 10 nitrogen and oxygen atoms in total. The summed E-state index contributed by atoms with van der Waals surface area (Å²) >= 11 is 0. The lowest BCUT2D eigenvalue weighted by molar-refractivity contribution is -0.146. The zero-order valence-corrected chi connectivity index (χ0v) is 16.4. The normalized spacial score (nSPS) is 13.0. The quantitative estimate of drug-likeness (QED) is 0.377. The number of hydrogen-bond donors (Lipinski definition) is 5. The lowest BCUT2D eigenvalue weighted by Crippen LogP contribution is -2.37. The van der Waals surface area contributed by atoms with Crippen molar-refractivity contribution in [2.45, 2.75) is 31.5 Å². The van der Waals surface area contributed by atoms with Crippen molar-refractivity contribution in [2.24, 2.45) is 0 Å². The van der Waals surface area contributed by atoms with Crippen LogP contribution in [0.4, 0.5) is 8.78 Å². The van der Waals surface area contributed by atoms with Crippen molar-refractivity contribution in [1.82, 2.24) is 10.0 Å². The number of alkyl halides is 2. The molecular formula is C17H19F2N2O8P. The van der Waals surface area contributed by atoms with E-state index in [0.717, 1.165) is 36.4 Å². The Balaban J connectivity index is 1.89. The zero-order valence-electron chi connectivity index (χ0n) is 15.5. The lowest BCUT2D eigenvalue weighted by atomic mass is 10.1. The van der Waals surface area contributed by atoms with Crippen LogP contribution in [0.25, 0.3) is 0 Å². The number of benzene rings is 1. The number of nitrogens with zero attached hydrogens (tertiary/aromatic N) is 1.